The molecule has 66 valence electrons. The van der Waals surface area contributed by atoms with Crippen LogP contribution in [0.3, 0.4) is 0 Å². The summed E-state index contributed by atoms with van der Waals surface area (Å²) in [5.74, 6) is 0. The minimum absolute atomic E-state index is 0.104. The maximum Gasteiger partial charge on any atom is 0.112 e. The molecule has 0 bridgehead atoms. The van der Waals surface area contributed by atoms with Gasteiger partial charge in [-0.3, -0.25) is 0 Å². The minimum Gasteiger partial charge on any atom is -0.387 e. The average molecular weight is 158 g/mol. The van der Waals surface area contributed by atoms with Crippen LogP contribution >= 0.6 is 0 Å². The number of epoxide rings is 1. The topological polar surface area (TPSA) is 32.8 Å². The lowest BCUT2D eigenvalue weighted by molar-refractivity contribution is -0.000505. The first-order valence-corrected chi connectivity index (χ1v) is 4.52. The van der Waals surface area contributed by atoms with Gasteiger partial charge in [0.1, 0.15) is 6.10 Å². The molecule has 1 rings (SSSR count). The van der Waals surface area contributed by atoms with Crippen molar-refractivity contribution in [2.24, 2.45) is 0 Å². The predicted octanol–water partition coefficient (Wildman–Crippen LogP) is 1.71. The van der Waals surface area contributed by atoms with Crippen LogP contribution < -0.4 is 0 Å². The largest absolute Gasteiger partial charge is 0.387 e. The van der Waals surface area contributed by atoms with Crippen LogP contribution in [0.5, 0.6) is 0 Å². The fraction of sp³-hybridized carbons (Fsp3) is 1.00. The van der Waals surface area contributed by atoms with Crippen LogP contribution in [0.2, 0.25) is 0 Å². The molecule has 1 saturated heterocycles. The molecule has 1 fully saturated rings. The fourth-order valence-corrected chi connectivity index (χ4v) is 1.70. The van der Waals surface area contributed by atoms with Gasteiger partial charge < -0.3 is 9.84 Å². The summed E-state index contributed by atoms with van der Waals surface area (Å²) in [6, 6.07) is 0. The summed E-state index contributed by atoms with van der Waals surface area (Å²) >= 11 is 0. The zero-order chi connectivity index (χ0) is 8.48. The minimum atomic E-state index is -0.547. The van der Waals surface area contributed by atoms with E-state index >= 15 is 0 Å². The van der Waals surface area contributed by atoms with E-state index in [2.05, 4.69) is 6.92 Å². The standard InChI is InChI=1S/C9H18O2/c1-4-6-9(10,5-2)8-7(3)11-8/h7-8,10H,4-6H2,1-3H3. The summed E-state index contributed by atoms with van der Waals surface area (Å²) in [6.07, 6.45) is 3.06. The smallest absolute Gasteiger partial charge is 0.112 e. The Labute approximate surface area is 68.6 Å². The molecular formula is C9H18O2. The molecule has 0 aromatic rings. The quantitative estimate of drug-likeness (QED) is 0.632. The molecular weight excluding hydrogens is 140 g/mol. The Bertz CT molecular complexity index is 136. The van der Waals surface area contributed by atoms with E-state index in [0.29, 0.717) is 0 Å². The van der Waals surface area contributed by atoms with E-state index in [1.807, 2.05) is 13.8 Å². The van der Waals surface area contributed by atoms with Crippen LogP contribution in [0.1, 0.15) is 40.0 Å². The summed E-state index contributed by atoms with van der Waals surface area (Å²) in [5.41, 5.74) is -0.547. The molecule has 1 heterocycles. The summed E-state index contributed by atoms with van der Waals surface area (Å²) < 4.78 is 5.28. The van der Waals surface area contributed by atoms with Crippen molar-refractivity contribution in [1.29, 1.82) is 0 Å². The Morgan fingerprint density at radius 1 is 1.45 bits per heavy atom. The molecule has 0 radical (unpaired) electrons. The van der Waals surface area contributed by atoms with Crippen LogP contribution in [0, 0.1) is 0 Å². The lowest BCUT2D eigenvalue weighted by atomic mass is 9.90. The SMILES string of the molecule is CCCC(O)(CC)C1OC1C. The first-order valence-electron chi connectivity index (χ1n) is 4.52. The number of aliphatic hydroxyl groups is 1. The maximum absolute atomic E-state index is 10.0. The van der Waals surface area contributed by atoms with Gasteiger partial charge in [-0.15, -0.1) is 0 Å². The van der Waals surface area contributed by atoms with Crippen molar-refractivity contribution in [3.8, 4) is 0 Å². The Balaban J connectivity index is 2.46. The molecule has 1 aliphatic rings. The Morgan fingerprint density at radius 2 is 2.00 bits per heavy atom. The summed E-state index contributed by atoms with van der Waals surface area (Å²) in [6.45, 7) is 6.12. The van der Waals surface area contributed by atoms with Crippen molar-refractivity contribution in [2.75, 3.05) is 0 Å². The highest BCUT2D eigenvalue weighted by Gasteiger charge is 2.49. The average Bonchev–Trinajstić information content (AvgIpc) is 2.68. The normalized spacial score (nSPS) is 34.9. The second-order valence-corrected chi connectivity index (χ2v) is 3.47. The molecule has 1 N–H and O–H groups in total. The third-order valence-corrected chi connectivity index (χ3v) is 2.54. The Morgan fingerprint density at radius 3 is 2.27 bits per heavy atom. The fourth-order valence-electron chi connectivity index (χ4n) is 1.70. The number of rotatable bonds is 4. The van der Waals surface area contributed by atoms with E-state index in [1.54, 1.807) is 0 Å². The van der Waals surface area contributed by atoms with E-state index in [9.17, 15) is 5.11 Å². The van der Waals surface area contributed by atoms with Gasteiger partial charge >= 0.3 is 0 Å². The van der Waals surface area contributed by atoms with E-state index < -0.39 is 5.60 Å². The highest BCUT2D eigenvalue weighted by atomic mass is 16.6. The van der Waals surface area contributed by atoms with E-state index in [0.717, 1.165) is 19.3 Å². The second kappa shape index (κ2) is 3.11. The van der Waals surface area contributed by atoms with Gasteiger partial charge in [0.15, 0.2) is 0 Å². The maximum atomic E-state index is 10.0. The summed E-state index contributed by atoms with van der Waals surface area (Å²) in [4.78, 5) is 0. The van der Waals surface area contributed by atoms with Gasteiger partial charge in [0.05, 0.1) is 11.7 Å². The van der Waals surface area contributed by atoms with Gasteiger partial charge in [0, 0.05) is 0 Å². The van der Waals surface area contributed by atoms with Gasteiger partial charge in [-0.25, -0.2) is 0 Å². The van der Waals surface area contributed by atoms with Crippen LogP contribution in [-0.2, 0) is 4.74 Å². The third kappa shape index (κ3) is 1.74. The van der Waals surface area contributed by atoms with Crippen molar-refractivity contribution in [2.45, 2.75) is 57.8 Å². The van der Waals surface area contributed by atoms with Crippen molar-refractivity contribution in [1.82, 2.24) is 0 Å². The number of hydrogen-bond acceptors (Lipinski definition) is 2. The van der Waals surface area contributed by atoms with Crippen molar-refractivity contribution >= 4 is 0 Å². The highest BCUT2D eigenvalue weighted by molar-refractivity contribution is 4.98. The van der Waals surface area contributed by atoms with E-state index in [-0.39, 0.29) is 12.2 Å². The van der Waals surface area contributed by atoms with Crippen molar-refractivity contribution < 1.29 is 9.84 Å². The van der Waals surface area contributed by atoms with Gasteiger partial charge in [-0.05, 0) is 19.8 Å². The Kier molecular flexibility index (Phi) is 2.55. The second-order valence-electron chi connectivity index (χ2n) is 3.47. The monoisotopic (exact) mass is 158 g/mol. The van der Waals surface area contributed by atoms with E-state index in [1.165, 1.54) is 0 Å². The molecule has 0 saturated carbocycles. The molecule has 0 spiro atoms. The van der Waals surface area contributed by atoms with Crippen LogP contribution in [0.4, 0.5) is 0 Å². The van der Waals surface area contributed by atoms with Crippen molar-refractivity contribution in [3.05, 3.63) is 0 Å². The van der Waals surface area contributed by atoms with Gasteiger partial charge in [-0.2, -0.15) is 0 Å². The highest BCUT2D eigenvalue weighted by Crippen LogP contribution is 2.37. The predicted molar refractivity (Wildman–Crippen MR) is 44.5 cm³/mol. The molecule has 0 aromatic carbocycles. The first-order chi connectivity index (χ1) is 5.14. The van der Waals surface area contributed by atoms with Gasteiger partial charge in [-0.1, -0.05) is 20.3 Å². The third-order valence-electron chi connectivity index (χ3n) is 2.54. The molecule has 0 aliphatic carbocycles. The zero-order valence-corrected chi connectivity index (χ0v) is 7.63. The van der Waals surface area contributed by atoms with Crippen LogP contribution in [0.15, 0.2) is 0 Å². The van der Waals surface area contributed by atoms with Crippen molar-refractivity contribution in [3.63, 3.8) is 0 Å². The molecule has 3 atom stereocenters. The lowest BCUT2D eigenvalue weighted by Crippen LogP contribution is -2.35. The van der Waals surface area contributed by atoms with E-state index in [4.69, 9.17) is 4.74 Å². The van der Waals surface area contributed by atoms with Crippen LogP contribution in [-0.4, -0.2) is 22.9 Å². The molecule has 0 aromatic heterocycles. The number of ether oxygens (including phenoxy) is 1. The first kappa shape index (κ1) is 9.01. The van der Waals surface area contributed by atoms with Gasteiger partial charge in [0.25, 0.3) is 0 Å². The summed E-state index contributed by atoms with van der Waals surface area (Å²) in [7, 11) is 0. The van der Waals surface area contributed by atoms with Gasteiger partial charge in [0.2, 0.25) is 0 Å². The molecule has 2 nitrogen and oxygen atoms in total. The Hall–Kier alpha value is -0.0800. The molecule has 1 aliphatic heterocycles. The summed E-state index contributed by atoms with van der Waals surface area (Å²) in [5, 5.41) is 10.0. The molecule has 3 unspecified atom stereocenters. The molecule has 11 heavy (non-hydrogen) atoms. The lowest BCUT2D eigenvalue weighted by Gasteiger charge is -2.23. The number of hydrogen-bond donors (Lipinski definition) is 1. The molecule has 2 heteroatoms. The molecule has 0 amide bonds. The van der Waals surface area contributed by atoms with Crippen LogP contribution in [0.25, 0.3) is 0 Å². The zero-order valence-electron chi connectivity index (χ0n) is 7.63.